The Morgan fingerprint density at radius 2 is 1.15 bits per heavy atom. The van der Waals surface area contributed by atoms with Gasteiger partial charge in [0.25, 0.3) is 0 Å². The summed E-state index contributed by atoms with van der Waals surface area (Å²) in [5.74, 6) is 1.20. The Morgan fingerprint density at radius 3 is 1.80 bits per heavy atom. The summed E-state index contributed by atoms with van der Waals surface area (Å²) in [7, 11) is 0. The number of hydrogen-bond donors (Lipinski definition) is 1. The van der Waals surface area contributed by atoms with Gasteiger partial charge in [-0.25, -0.2) is 9.97 Å². The summed E-state index contributed by atoms with van der Waals surface area (Å²) >= 11 is 1.96. The molecule has 2 heterocycles. The van der Waals surface area contributed by atoms with E-state index in [0.717, 1.165) is 40.3 Å². The lowest BCUT2D eigenvalue weighted by molar-refractivity contribution is 0.660. The highest BCUT2D eigenvalue weighted by Gasteiger charge is 2.37. The minimum Gasteiger partial charge on any atom is -0.371 e. The Labute approximate surface area is 350 Å². The van der Waals surface area contributed by atoms with E-state index in [4.69, 9.17) is 9.97 Å². The zero-order valence-corrected chi connectivity index (χ0v) is 34.5. The Morgan fingerprint density at radius 1 is 0.559 bits per heavy atom. The van der Waals surface area contributed by atoms with Crippen LogP contribution >= 0.6 is 11.8 Å². The number of thioether (sulfide) groups is 1. The van der Waals surface area contributed by atoms with Crippen LogP contribution in [0.3, 0.4) is 0 Å². The van der Waals surface area contributed by atoms with Gasteiger partial charge in [0.1, 0.15) is 0 Å². The zero-order chi connectivity index (χ0) is 39.6. The summed E-state index contributed by atoms with van der Waals surface area (Å²) in [5.41, 5.74) is 16.8. The number of allylic oxidation sites excluding steroid dienone is 3. The average Bonchev–Trinajstić information content (AvgIpc) is 3.89. The Balaban J connectivity index is 1.00. The molecular formula is C55H43N3S. The molecule has 7 aromatic carbocycles. The topological polar surface area (TPSA) is 37.8 Å². The molecule has 0 bridgehead atoms. The predicted molar refractivity (Wildman–Crippen MR) is 248 cm³/mol. The molecule has 1 aliphatic heterocycles. The van der Waals surface area contributed by atoms with E-state index in [1.54, 1.807) is 0 Å². The van der Waals surface area contributed by atoms with E-state index < -0.39 is 0 Å². The van der Waals surface area contributed by atoms with Gasteiger partial charge in [0, 0.05) is 43.7 Å². The maximum Gasteiger partial charge on any atom is 0.160 e. The number of anilines is 1. The maximum atomic E-state index is 5.41. The van der Waals surface area contributed by atoms with Gasteiger partial charge in [0.15, 0.2) is 5.82 Å². The van der Waals surface area contributed by atoms with Crippen molar-refractivity contribution in [2.75, 3.05) is 5.32 Å². The largest absolute Gasteiger partial charge is 0.371 e. The van der Waals surface area contributed by atoms with Gasteiger partial charge in [-0.3, -0.25) is 0 Å². The van der Waals surface area contributed by atoms with Crippen LogP contribution in [0.1, 0.15) is 56.4 Å². The summed E-state index contributed by atoms with van der Waals surface area (Å²) < 4.78 is 0. The average molecular weight is 778 g/mol. The van der Waals surface area contributed by atoms with Gasteiger partial charge in [-0.1, -0.05) is 167 Å². The van der Waals surface area contributed by atoms with E-state index >= 15 is 0 Å². The van der Waals surface area contributed by atoms with Gasteiger partial charge in [-0.05, 0) is 97.4 Å². The lowest BCUT2D eigenvalue weighted by atomic mass is 9.81. The first kappa shape index (κ1) is 34.8. The molecule has 0 fully saturated rings. The van der Waals surface area contributed by atoms with Crippen LogP contribution in [0, 0.1) is 5.92 Å². The van der Waals surface area contributed by atoms with Crippen LogP contribution < -0.4 is 5.32 Å². The summed E-state index contributed by atoms with van der Waals surface area (Å²) in [6.45, 7) is 9.37. The standard InChI is InChI=1S/C55H43N3S/c1-54(2)43-16-10-8-14-39(43)41-25-20-35(29-45(41)54)47-31-48(36-21-26-42-40-15-9-11-17-44(40)55(3,4)46(42)30-36)57-52(56-47)37-22-24-38-34(28-37)19-18-32-23-27-49-51(50(32)38)58-53(59-49)33-12-6-5-7-13-33/h5-12,14-31,33,53,58H,13H2,1-4H3. The van der Waals surface area contributed by atoms with Crippen molar-refractivity contribution in [3.05, 3.63) is 180 Å². The van der Waals surface area contributed by atoms with Crippen LogP contribution in [0.5, 0.6) is 0 Å². The molecule has 0 spiro atoms. The van der Waals surface area contributed by atoms with E-state index in [1.807, 2.05) is 11.8 Å². The molecule has 1 N–H and O–H groups in total. The van der Waals surface area contributed by atoms with Gasteiger partial charge in [0.05, 0.1) is 22.4 Å². The van der Waals surface area contributed by atoms with Crippen molar-refractivity contribution in [3.63, 3.8) is 0 Å². The Kier molecular flexibility index (Phi) is 7.45. The second-order valence-corrected chi connectivity index (χ2v) is 18.9. The normalized spacial score (nSPS) is 18.6. The number of aromatic nitrogens is 2. The summed E-state index contributed by atoms with van der Waals surface area (Å²) in [5, 5.41) is 9.23. The predicted octanol–water partition coefficient (Wildman–Crippen LogP) is 14.4. The highest BCUT2D eigenvalue weighted by Crippen LogP contribution is 2.52. The zero-order valence-electron chi connectivity index (χ0n) is 33.7. The van der Waals surface area contributed by atoms with E-state index in [0.29, 0.717) is 11.3 Å². The number of benzene rings is 7. The monoisotopic (exact) mass is 777 g/mol. The minimum absolute atomic E-state index is 0.111. The number of hydrogen-bond acceptors (Lipinski definition) is 4. The van der Waals surface area contributed by atoms with Gasteiger partial charge in [-0.2, -0.15) is 0 Å². The molecule has 284 valence electrons. The van der Waals surface area contributed by atoms with E-state index in [2.05, 4.69) is 191 Å². The van der Waals surface area contributed by atoms with Crippen molar-refractivity contribution < 1.29 is 0 Å². The fourth-order valence-corrected chi connectivity index (χ4v) is 11.7. The number of rotatable bonds is 4. The molecule has 4 heteroatoms. The van der Waals surface area contributed by atoms with Gasteiger partial charge < -0.3 is 5.32 Å². The fraction of sp³-hybridized carbons (Fsp3) is 0.164. The van der Waals surface area contributed by atoms with Crippen molar-refractivity contribution >= 4 is 39.0 Å². The van der Waals surface area contributed by atoms with Crippen molar-refractivity contribution in [1.82, 2.24) is 9.97 Å². The summed E-state index contributed by atoms with van der Waals surface area (Å²) in [6.07, 6.45) is 10.0. The van der Waals surface area contributed by atoms with Gasteiger partial charge in [-0.15, -0.1) is 0 Å². The lowest BCUT2D eigenvalue weighted by Crippen LogP contribution is -2.21. The first-order chi connectivity index (χ1) is 28.7. The molecule has 8 aromatic rings. The first-order valence-electron chi connectivity index (χ1n) is 20.9. The molecule has 4 aliphatic rings. The van der Waals surface area contributed by atoms with Crippen LogP contribution in [-0.2, 0) is 10.8 Å². The van der Waals surface area contributed by atoms with Gasteiger partial charge >= 0.3 is 0 Å². The van der Waals surface area contributed by atoms with E-state index in [9.17, 15) is 0 Å². The first-order valence-corrected chi connectivity index (χ1v) is 21.8. The number of fused-ring (bicyclic) bond motifs is 11. The van der Waals surface area contributed by atoms with E-state index in [1.165, 1.54) is 76.6 Å². The van der Waals surface area contributed by atoms with E-state index in [-0.39, 0.29) is 10.8 Å². The molecule has 0 saturated carbocycles. The van der Waals surface area contributed by atoms with Crippen molar-refractivity contribution in [1.29, 1.82) is 0 Å². The Hall–Kier alpha value is -6.23. The summed E-state index contributed by atoms with van der Waals surface area (Å²) in [6, 6.07) is 49.6. The molecular weight excluding hydrogens is 735 g/mol. The van der Waals surface area contributed by atoms with Crippen molar-refractivity contribution in [3.8, 4) is 56.2 Å². The van der Waals surface area contributed by atoms with Crippen LogP contribution in [0.4, 0.5) is 5.69 Å². The van der Waals surface area contributed by atoms with Crippen LogP contribution in [0.15, 0.2) is 163 Å². The molecule has 0 amide bonds. The second-order valence-electron chi connectivity index (χ2n) is 17.8. The molecule has 0 saturated heterocycles. The molecule has 2 unspecified atom stereocenters. The highest BCUT2D eigenvalue weighted by molar-refractivity contribution is 8.00. The third-order valence-electron chi connectivity index (χ3n) is 13.6. The molecule has 12 rings (SSSR count). The van der Waals surface area contributed by atoms with Crippen molar-refractivity contribution in [2.24, 2.45) is 5.92 Å². The van der Waals surface area contributed by atoms with Crippen LogP contribution in [0.25, 0.3) is 77.7 Å². The van der Waals surface area contributed by atoms with Crippen LogP contribution in [0.2, 0.25) is 0 Å². The molecule has 1 aromatic heterocycles. The molecule has 3 nitrogen and oxygen atoms in total. The maximum absolute atomic E-state index is 5.41. The molecule has 59 heavy (non-hydrogen) atoms. The smallest absolute Gasteiger partial charge is 0.160 e. The molecule has 2 atom stereocenters. The third-order valence-corrected chi connectivity index (χ3v) is 15.0. The van der Waals surface area contributed by atoms with Crippen molar-refractivity contribution in [2.45, 2.75) is 55.2 Å². The number of nitrogens with zero attached hydrogens (tertiary/aromatic N) is 2. The fourth-order valence-electron chi connectivity index (χ4n) is 10.4. The SMILES string of the molecule is CC1(C)c2ccccc2-c2ccc(-c3cc(-c4ccc5c(c4)C(C)(C)c4ccccc4-5)nc(-c4ccc5c(ccc6ccc7c(c65)NC(C5C=CC=CC5)S7)c4)n3)cc21. The number of nitrogens with one attached hydrogen (secondary N) is 1. The summed E-state index contributed by atoms with van der Waals surface area (Å²) in [4.78, 5) is 12.1. The van der Waals surface area contributed by atoms with Crippen LogP contribution in [-0.4, -0.2) is 15.3 Å². The second kappa shape index (κ2) is 12.6. The lowest BCUT2D eigenvalue weighted by Gasteiger charge is -2.22. The quantitative estimate of drug-likeness (QED) is 0.181. The molecule has 3 aliphatic carbocycles. The highest BCUT2D eigenvalue weighted by atomic mass is 32.2. The third kappa shape index (κ3) is 5.22. The minimum atomic E-state index is -0.111. The van der Waals surface area contributed by atoms with Gasteiger partial charge in [0.2, 0.25) is 0 Å². The Bertz CT molecular complexity index is 3040. The molecule has 0 radical (unpaired) electrons.